The zero-order chi connectivity index (χ0) is 14.2. The van der Waals surface area contributed by atoms with Crippen molar-refractivity contribution < 1.29 is 4.74 Å². The van der Waals surface area contributed by atoms with Crippen molar-refractivity contribution in [2.24, 2.45) is 0 Å². The molecule has 0 aliphatic carbocycles. The van der Waals surface area contributed by atoms with Crippen molar-refractivity contribution in [3.8, 4) is 0 Å². The molecule has 0 radical (unpaired) electrons. The van der Waals surface area contributed by atoms with E-state index >= 15 is 0 Å². The van der Waals surface area contributed by atoms with E-state index in [2.05, 4.69) is 43.4 Å². The molecule has 0 fully saturated rings. The summed E-state index contributed by atoms with van der Waals surface area (Å²) < 4.78 is 6.13. The lowest BCUT2D eigenvalue weighted by Gasteiger charge is -2.33. The normalized spacial score (nSPS) is 19.6. The van der Waals surface area contributed by atoms with Crippen LogP contribution < -0.4 is 5.32 Å². The summed E-state index contributed by atoms with van der Waals surface area (Å²) in [6, 6.07) is 9.26. The largest absolute Gasteiger partial charge is 0.372 e. The van der Waals surface area contributed by atoms with Gasteiger partial charge in [0.1, 0.15) is 0 Å². The molecule has 0 spiro atoms. The van der Waals surface area contributed by atoms with Gasteiger partial charge in [0.25, 0.3) is 0 Å². The third-order valence-electron chi connectivity index (χ3n) is 4.17. The lowest BCUT2D eigenvalue weighted by molar-refractivity contribution is 0.0127. The molecule has 2 nitrogen and oxygen atoms in total. The smallest absolute Gasteiger partial charge is 0.0980 e. The van der Waals surface area contributed by atoms with E-state index in [4.69, 9.17) is 4.74 Å². The predicted molar refractivity (Wildman–Crippen MR) is 85.1 cm³/mol. The lowest BCUT2D eigenvalue weighted by atomic mass is 9.90. The van der Waals surface area contributed by atoms with Gasteiger partial charge >= 0.3 is 0 Å². The highest BCUT2D eigenvalue weighted by molar-refractivity contribution is 5.31. The van der Waals surface area contributed by atoms with Gasteiger partial charge in [-0.15, -0.1) is 0 Å². The molecule has 0 saturated carbocycles. The molecule has 0 bridgehead atoms. The average Bonchev–Trinajstić information content (AvgIpc) is 2.50. The van der Waals surface area contributed by atoms with E-state index in [1.165, 1.54) is 43.2 Å². The van der Waals surface area contributed by atoms with Gasteiger partial charge in [-0.25, -0.2) is 0 Å². The summed E-state index contributed by atoms with van der Waals surface area (Å²) in [5.74, 6) is 0. The number of ether oxygens (including phenoxy) is 1. The summed E-state index contributed by atoms with van der Waals surface area (Å²) in [6.45, 7) is 6.44. The van der Waals surface area contributed by atoms with Crippen molar-refractivity contribution >= 4 is 0 Å². The van der Waals surface area contributed by atoms with E-state index in [0.717, 1.165) is 19.6 Å². The van der Waals surface area contributed by atoms with Crippen molar-refractivity contribution in [2.75, 3.05) is 13.2 Å². The Morgan fingerprint density at radius 3 is 2.85 bits per heavy atom. The Hall–Kier alpha value is -0.860. The summed E-state index contributed by atoms with van der Waals surface area (Å²) in [5, 5.41) is 3.71. The van der Waals surface area contributed by atoms with Crippen molar-refractivity contribution in [1.29, 1.82) is 0 Å². The first-order chi connectivity index (χ1) is 9.86. The number of benzene rings is 1. The standard InChI is InChI=1S/C18H29NO/c1-3-5-6-11-17(19-13-4-2)18-16-10-8-7-9-15(16)12-14-20-18/h7-10,17-19H,3-6,11-14H2,1-2H3. The van der Waals surface area contributed by atoms with E-state index in [1.807, 2.05) is 0 Å². The topological polar surface area (TPSA) is 21.3 Å². The molecule has 1 heterocycles. The molecular formula is C18H29NO. The Morgan fingerprint density at radius 2 is 2.05 bits per heavy atom. The van der Waals surface area contributed by atoms with Gasteiger partial charge in [-0.1, -0.05) is 57.4 Å². The lowest BCUT2D eigenvalue weighted by Crippen LogP contribution is -2.38. The fourth-order valence-corrected chi connectivity index (χ4v) is 3.06. The van der Waals surface area contributed by atoms with Gasteiger partial charge in [0.2, 0.25) is 0 Å². The van der Waals surface area contributed by atoms with E-state index in [-0.39, 0.29) is 6.10 Å². The highest BCUT2D eigenvalue weighted by atomic mass is 16.5. The predicted octanol–water partition coefficient (Wildman–Crippen LogP) is 4.25. The van der Waals surface area contributed by atoms with Crippen LogP contribution in [-0.4, -0.2) is 19.2 Å². The minimum absolute atomic E-state index is 0.239. The first-order valence-electron chi connectivity index (χ1n) is 8.29. The number of nitrogens with one attached hydrogen (secondary N) is 1. The number of rotatable bonds is 8. The summed E-state index contributed by atoms with van der Waals surface area (Å²) in [7, 11) is 0. The van der Waals surface area contributed by atoms with Crippen LogP contribution in [0, 0.1) is 0 Å². The molecule has 2 atom stereocenters. The maximum atomic E-state index is 6.13. The molecule has 2 rings (SSSR count). The highest BCUT2D eigenvalue weighted by Crippen LogP contribution is 2.31. The second-order valence-corrected chi connectivity index (χ2v) is 5.80. The molecule has 20 heavy (non-hydrogen) atoms. The Morgan fingerprint density at radius 1 is 1.20 bits per heavy atom. The van der Waals surface area contributed by atoms with Gasteiger partial charge in [-0.2, -0.15) is 0 Å². The van der Waals surface area contributed by atoms with E-state index in [9.17, 15) is 0 Å². The number of hydrogen-bond donors (Lipinski definition) is 1. The van der Waals surface area contributed by atoms with Crippen molar-refractivity contribution in [2.45, 2.75) is 64.5 Å². The second kappa shape index (κ2) is 8.43. The summed E-state index contributed by atoms with van der Waals surface area (Å²) in [5.41, 5.74) is 2.88. The van der Waals surface area contributed by atoms with Crippen LogP contribution in [0.1, 0.15) is 63.2 Å². The third-order valence-corrected chi connectivity index (χ3v) is 4.17. The molecule has 0 aromatic heterocycles. The van der Waals surface area contributed by atoms with Gasteiger partial charge < -0.3 is 10.1 Å². The van der Waals surface area contributed by atoms with Crippen LogP contribution in [-0.2, 0) is 11.2 Å². The summed E-state index contributed by atoms with van der Waals surface area (Å²) >= 11 is 0. The van der Waals surface area contributed by atoms with Crippen molar-refractivity contribution in [3.63, 3.8) is 0 Å². The number of unbranched alkanes of at least 4 members (excludes halogenated alkanes) is 2. The van der Waals surface area contributed by atoms with Crippen molar-refractivity contribution in [1.82, 2.24) is 5.32 Å². The van der Waals surface area contributed by atoms with Crippen LogP contribution in [0.4, 0.5) is 0 Å². The maximum Gasteiger partial charge on any atom is 0.0980 e. The zero-order valence-corrected chi connectivity index (χ0v) is 13.0. The molecule has 1 N–H and O–H groups in total. The summed E-state index contributed by atoms with van der Waals surface area (Å²) in [4.78, 5) is 0. The van der Waals surface area contributed by atoms with Gasteiger partial charge in [-0.05, 0) is 36.9 Å². The third kappa shape index (κ3) is 4.07. The first kappa shape index (κ1) is 15.5. The molecule has 1 aromatic carbocycles. The van der Waals surface area contributed by atoms with E-state index in [1.54, 1.807) is 0 Å². The molecular weight excluding hydrogens is 246 g/mol. The number of fused-ring (bicyclic) bond motifs is 1. The molecule has 2 heteroatoms. The fraction of sp³-hybridized carbons (Fsp3) is 0.667. The van der Waals surface area contributed by atoms with E-state index in [0.29, 0.717) is 6.04 Å². The van der Waals surface area contributed by atoms with Gasteiger partial charge in [0.05, 0.1) is 12.7 Å². The highest BCUT2D eigenvalue weighted by Gasteiger charge is 2.27. The quantitative estimate of drug-likeness (QED) is 0.716. The van der Waals surface area contributed by atoms with Gasteiger partial charge in [0.15, 0.2) is 0 Å². The monoisotopic (exact) mass is 275 g/mol. The van der Waals surface area contributed by atoms with Gasteiger partial charge in [-0.3, -0.25) is 0 Å². The van der Waals surface area contributed by atoms with Crippen LogP contribution in [0.5, 0.6) is 0 Å². The molecule has 1 aromatic rings. The van der Waals surface area contributed by atoms with Crippen LogP contribution in [0.3, 0.4) is 0 Å². The molecule has 2 unspecified atom stereocenters. The molecule has 0 amide bonds. The first-order valence-corrected chi connectivity index (χ1v) is 8.29. The Labute approximate surface area is 123 Å². The van der Waals surface area contributed by atoms with Crippen LogP contribution in [0.2, 0.25) is 0 Å². The Kier molecular flexibility index (Phi) is 6.55. The van der Waals surface area contributed by atoms with Crippen LogP contribution in [0.25, 0.3) is 0 Å². The second-order valence-electron chi connectivity index (χ2n) is 5.80. The van der Waals surface area contributed by atoms with Crippen LogP contribution in [0.15, 0.2) is 24.3 Å². The van der Waals surface area contributed by atoms with Crippen molar-refractivity contribution in [3.05, 3.63) is 35.4 Å². The summed E-state index contributed by atoms with van der Waals surface area (Å²) in [6.07, 6.45) is 7.58. The molecule has 0 saturated heterocycles. The molecule has 1 aliphatic heterocycles. The van der Waals surface area contributed by atoms with Crippen LogP contribution >= 0.6 is 0 Å². The zero-order valence-electron chi connectivity index (χ0n) is 13.0. The Bertz CT molecular complexity index is 391. The number of hydrogen-bond acceptors (Lipinski definition) is 2. The SMILES string of the molecule is CCCCCC(NCCC)C1OCCc2ccccc21. The minimum Gasteiger partial charge on any atom is -0.372 e. The van der Waals surface area contributed by atoms with E-state index < -0.39 is 0 Å². The molecule has 112 valence electrons. The maximum absolute atomic E-state index is 6.13. The fourth-order valence-electron chi connectivity index (χ4n) is 3.06. The average molecular weight is 275 g/mol. The Balaban J connectivity index is 2.07. The minimum atomic E-state index is 0.239. The van der Waals surface area contributed by atoms with Gasteiger partial charge in [0, 0.05) is 6.04 Å². The molecule has 1 aliphatic rings.